The van der Waals surface area contributed by atoms with Crippen molar-refractivity contribution in [2.24, 2.45) is 5.41 Å². The van der Waals surface area contributed by atoms with Crippen molar-refractivity contribution in [2.45, 2.75) is 25.7 Å². The predicted octanol–water partition coefficient (Wildman–Crippen LogP) is 3.09. The van der Waals surface area contributed by atoms with E-state index in [1.165, 1.54) is 19.2 Å². The molecule has 0 bridgehead atoms. The summed E-state index contributed by atoms with van der Waals surface area (Å²) in [6.07, 6.45) is 3.15. The van der Waals surface area contributed by atoms with Crippen molar-refractivity contribution >= 4 is 39.1 Å². The van der Waals surface area contributed by atoms with E-state index in [0.29, 0.717) is 23.1 Å². The summed E-state index contributed by atoms with van der Waals surface area (Å²) in [6, 6.07) is 2.86. The number of anilines is 1. The van der Waals surface area contributed by atoms with Gasteiger partial charge in [-0.15, -0.1) is 0 Å². The zero-order valence-corrected chi connectivity index (χ0v) is 14.8. The first-order chi connectivity index (χ1) is 11.3. The maximum absolute atomic E-state index is 11.9. The van der Waals surface area contributed by atoms with Gasteiger partial charge in [0.25, 0.3) is 5.69 Å². The van der Waals surface area contributed by atoms with Crippen molar-refractivity contribution in [3.63, 3.8) is 0 Å². The van der Waals surface area contributed by atoms with Crippen LogP contribution in [0.5, 0.6) is 0 Å². The number of rotatable bonds is 3. The first kappa shape index (κ1) is 16.9. The Balaban J connectivity index is 1.87. The Morgan fingerprint density at radius 1 is 1.33 bits per heavy atom. The number of benzene rings is 1. The van der Waals surface area contributed by atoms with Crippen LogP contribution in [0, 0.1) is 15.5 Å². The van der Waals surface area contributed by atoms with Crippen molar-refractivity contribution in [1.29, 1.82) is 0 Å². The van der Waals surface area contributed by atoms with Crippen molar-refractivity contribution in [1.82, 2.24) is 0 Å². The van der Waals surface area contributed by atoms with Gasteiger partial charge in [-0.05, 0) is 40.3 Å². The summed E-state index contributed by atoms with van der Waals surface area (Å²) in [6.45, 7) is 1.51. The Morgan fingerprint density at radius 2 is 1.96 bits per heavy atom. The molecule has 2 aliphatic rings. The molecule has 1 saturated heterocycles. The third-order valence-electron chi connectivity index (χ3n) is 4.98. The average molecular weight is 397 g/mol. The van der Waals surface area contributed by atoms with Gasteiger partial charge in [-0.25, -0.2) is 4.79 Å². The molecule has 7 nitrogen and oxygen atoms in total. The number of carbonyl (C=O) groups excluding carboxylic acids is 2. The van der Waals surface area contributed by atoms with Gasteiger partial charge in [-0.1, -0.05) is 0 Å². The molecule has 24 heavy (non-hydrogen) atoms. The van der Waals surface area contributed by atoms with E-state index in [0.717, 1.165) is 31.6 Å². The van der Waals surface area contributed by atoms with E-state index in [9.17, 15) is 19.7 Å². The molecule has 8 heteroatoms. The third kappa shape index (κ3) is 2.90. The molecule has 1 aliphatic carbocycles. The number of nitro benzene ring substituents is 1. The highest BCUT2D eigenvalue weighted by molar-refractivity contribution is 9.10. The molecule has 2 fully saturated rings. The number of esters is 1. The summed E-state index contributed by atoms with van der Waals surface area (Å²) >= 11 is 3.37. The Hall–Kier alpha value is -1.96. The number of hydrogen-bond donors (Lipinski definition) is 0. The van der Waals surface area contributed by atoms with Gasteiger partial charge in [0.05, 0.1) is 17.7 Å². The molecule has 1 saturated carbocycles. The minimum Gasteiger partial charge on any atom is -0.465 e. The molecule has 3 rings (SSSR count). The van der Waals surface area contributed by atoms with Crippen LogP contribution in [-0.2, 0) is 9.53 Å². The lowest BCUT2D eigenvalue weighted by molar-refractivity contribution is -0.385. The first-order valence-corrected chi connectivity index (χ1v) is 8.47. The fourth-order valence-corrected chi connectivity index (χ4v) is 4.16. The zero-order valence-electron chi connectivity index (χ0n) is 13.2. The van der Waals surface area contributed by atoms with Gasteiger partial charge in [0, 0.05) is 36.5 Å². The molecule has 1 heterocycles. The molecule has 1 aromatic rings. The average Bonchev–Trinajstić information content (AvgIpc) is 2.53. The minimum absolute atomic E-state index is 0.0557. The van der Waals surface area contributed by atoms with Crippen LogP contribution in [0.3, 0.4) is 0 Å². The summed E-state index contributed by atoms with van der Waals surface area (Å²) in [5.41, 5.74) is 0.545. The Kier molecular flexibility index (Phi) is 4.33. The fraction of sp³-hybridized carbons (Fsp3) is 0.500. The van der Waals surface area contributed by atoms with E-state index in [4.69, 9.17) is 0 Å². The third-order valence-corrected chi connectivity index (χ3v) is 5.61. The number of hydrogen-bond acceptors (Lipinski definition) is 6. The van der Waals surface area contributed by atoms with Gasteiger partial charge in [-0.3, -0.25) is 14.9 Å². The van der Waals surface area contributed by atoms with E-state index >= 15 is 0 Å². The molecule has 0 amide bonds. The van der Waals surface area contributed by atoms with Crippen LogP contribution < -0.4 is 4.90 Å². The summed E-state index contributed by atoms with van der Waals surface area (Å²) < 4.78 is 5.24. The Labute approximate surface area is 147 Å². The molecule has 1 spiro atoms. The van der Waals surface area contributed by atoms with Gasteiger partial charge in [-0.2, -0.15) is 0 Å². The highest BCUT2D eigenvalue weighted by Crippen LogP contribution is 2.48. The topological polar surface area (TPSA) is 89.8 Å². The van der Waals surface area contributed by atoms with Crippen LogP contribution in [0.4, 0.5) is 11.4 Å². The fourth-order valence-electron chi connectivity index (χ4n) is 3.58. The van der Waals surface area contributed by atoms with Crippen LogP contribution in [0.1, 0.15) is 36.0 Å². The van der Waals surface area contributed by atoms with Crippen LogP contribution in [0.2, 0.25) is 0 Å². The number of piperidine rings is 1. The lowest BCUT2D eigenvalue weighted by Gasteiger charge is -2.47. The number of methoxy groups -OCH3 is 1. The molecule has 0 radical (unpaired) electrons. The van der Waals surface area contributed by atoms with Gasteiger partial charge < -0.3 is 9.64 Å². The summed E-state index contributed by atoms with van der Waals surface area (Å²) in [7, 11) is 1.20. The second kappa shape index (κ2) is 6.16. The molecule has 0 N–H and O–H groups in total. The van der Waals surface area contributed by atoms with Crippen LogP contribution in [-0.4, -0.2) is 36.9 Å². The Bertz CT molecular complexity index is 715. The number of nitro groups is 1. The standard InChI is InChI=1S/C16H17BrN2O5/c1-24-15(21)11-6-14(12(17)7-13(11)19(22)23)18-4-2-16(3-5-18)8-10(20)9-16/h6-7H,2-5,8-9H2,1H3. The van der Waals surface area contributed by atoms with E-state index in [1.807, 2.05) is 0 Å². The van der Waals surface area contributed by atoms with Crippen molar-refractivity contribution in [3.8, 4) is 0 Å². The number of halogens is 1. The molecule has 128 valence electrons. The molecule has 1 aromatic carbocycles. The van der Waals surface area contributed by atoms with Crippen LogP contribution >= 0.6 is 15.9 Å². The molecule has 0 aromatic heterocycles. The maximum atomic E-state index is 11.9. The molecular formula is C16H17BrN2O5. The first-order valence-electron chi connectivity index (χ1n) is 7.68. The summed E-state index contributed by atoms with van der Waals surface area (Å²) in [5.74, 6) is -0.401. The number of carbonyl (C=O) groups is 2. The van der Waals surface area contributed by atoms with E-state index in [1.54, 1.807) is 0 Å². The van der Waals surface area contributed by atoms with Crippen molar-refractivity contribution < 1.29 is 19.2 Å². The molecule has 0 unspecified atom stereocenters. The van der Waals surface area contributed by atoms with Crippen LogP contribution in [0.15, 0.2) is 16.6 Å². The van der Waals surface area contributed by atoms with Gasteiger partial charge in [0.15, 0.2) is 0 Å². The van der Waals surface area contributed by atoms with Gasteiger partial charge >= 0.3 is 5.97 Å². The van der Waals surface area contributed by atoms with Crippen molar-refractivity contribution in [3.05, 3.63) is 32.3 Å². The Morgan fingerprint density at radius 3 is 2.46 bits per heavy atom. The highest BCUT2D eigenvalue weighted by atomic mass is 79.9. The number of ether oxygens (including phenoxy) is 1. The smallest absolute Gasteiger partial charge is 0.344 e. The predicted molar refractivity (Wildman–Crippen MR) is 90.3 cm³/mol. The maximum Gasteiger partial charge on any atom is 0.344 e. The quantitative estimate of drug-likeness (QED) is 0.442. The largest absolute Gasteiger partial charge is 0.465 e. The van der Waals surface area contributed by atoms with Gasteiger partial charge in [0.1, 0.15) is 11.3 Å². The number of Topliss-reactive ketones (excluding diaryl/α,β-unsaturated/α-hetero) is 1. The lowest BCUT2D eigenvalue weighted by atomic mass is 9.62. The zero-order chi connectivity index (χ0) is 17.5. The SMILES string of the molecule is COC(=O)c1cc(N2CCC3(CC2)CC(=O)C3)c(Br)cc1[N+](=O)[O-]. The second-order valence-electron chi connectivity index (χ2n) is 6.45. The van der Waals surface area contributed by atoms with E-state index in [2.05, 4.69) is 25.6 Å². The normalized spacial score (nSPS) is 19.1. The number of ketones is 1. The lowest BCUT2D eigenvalue weighted by Crippen LogP contribution is -2.47. The molecule has 0 atom stereocenters. The van der Waals surface area contributed by atoms with Crippen molar-refractivity contribution in [2.75, 3.05) is 25.1 Å². The highest BCUT2D eigenvalue weighted by Gasteiger charge is 2.45. The molecular weight excluding hydrogens is 380 g/mol. The number of nitrogens with zero attached hydrogens (tertiary/aromatic N) is 2. The van der Waals surface area contributed by atoms with Crippen LogP contribution in [0.25, 0.3) is 0 Å². The van der Waals surface area contributed by atoms with E-state index < -0.39 is 10.9 Å². The van der Waals surface area contributed by atoms with Gasteiger partial charge in [0.2, 0.25) is 0 Å². The monoisotopic (exact) mass is 396 g/mol. The van der Waals surface area contributed by atoms with E-state index in [-0.39, 0.29) is 16.7 Å². The minimum atomic E-state index is -0.728. The second-order valence-corrected chi connectivity index (χ2v) is 7.30. The summed E-state index contributed by atoms with van der Waals surface area (Å²) in [4.78, 5) is 35.9. The molecule has 1 aliphatic heterocycles. The summed E-state index contributed by atoms with van der Waals surface area (Å²) in [5, 5.41) is 11.2.